The SMILES string of the molecule is CNC(c1c(C)cc(C)cc1OC)C(OC)C1CC1. The van der Waals surface area contributed by atoms with E-state index in [2.05, 4.69) is 31.3 Å². The Morgan fingerprint density at radius 2 is 1.89 bits per heavy atom. The van der Waals surface area contributed by atoms with Crippen molar-refractivity contribution in [3.05, 3.63) is 28.8 Å². The molecule has 19 heavy (non-hydrogen) atoms. The standard InChI is InChI=1S/C16H25NO2/c1-10-8-11(2)14(13(9-10)18-4)15(17-3)16(19-5)12-6-7-12/h8-9,12,15-17H,6-7H2,1-5H3. The van der Waals surface area contributed by atoms with Gasteiger partial charge in [0.15, 0.2) is 0 Å². The van der Waals surface area contributed by atoms with Gasteiger partial charge in [-0.1, -0.05) is 6.07 Å². The molecule has 2 unspecified atom stereocenters. The van der Waals surface area contributed by atoms with E-state index in [-0.39, 0.29) is 12.1 Å². The van der Waals surface area contributed by atoms with Crippen LogP contribution in [0.5, 0.6) is 5.75 Å². The highest BCUT2D eigenvalue weighted by atomic mass is 16.5. The van der Waals surface area contributed by atoms with Crippen LogP contribution in [0.4, 0.5) is 0 Å². The summed E-state index contributed by atoms with van der Waals surface area (Å²) in [4.78, 5) is 0. The van der Waals surface area contributed by atoms with Gasteiger partial charge in [-0.15, -0.1) is 0 Å². The second kappa shape index (κ2) is 5.93. The number of likely N-dealkylation sites (N-methyl/N-ethyl adjacent to an activating group) is 1. The Hall–Kier alpha value is -1.06. The molecule has 1 N–H and O–H groups in total. The Kier molecular flexibility index (Phi) is 4.48. The molecule has 1 fully saturated rings. The molecule has 3 heteroatoms. The van der Waals surface area contributed by atoms with Crippen LogP contribution >= 0.6 is 0 Å². The summed E-state index contributed by atoms with van der Waals surface area (Å²) in [5.41, 5.74) is 3.72. The third-order valence-electron chi connectivity index (χ3n) is 4.02. The number of ether oxygens (including phenoxy) is 2. The average molecular weight is 263 g/mol. The topological polar surface area (TPSA) is 30.5 Å². The summed E-state index contributed by atoms with van der Waals surface area (Å²) >= 11 is 0. The van der Waals surface area contributed by atoms with Crippen LogP contribution in [0.3, 0.4) is 0 Å². The highest BCUT2D eigenvalue weighted by Crippen LogP contribution is 2.42. The van der Waals surface area contributed by atoms with Crippen molar-refractivity contribution in [3.8, 4) is 5.75 Å². The van der Waals surface area contributed by atoms with Gasteiger partial charge >= 0.3 is 0 Å². The molecule has 0 aromatic heterocycles. The second-order valence-electron chi connectivity index (χ2n) is 5.50. The van der Waals surface area contributed by atoms with E-state index in [9.17, 15) is 0 Å². The molecule has 1 saturated carbocycles. The average Bonchev–Trinajstić information content (AvgIpc) is 3.20. The van der Waals surface area contributed by atoms with Crippen molar-refractivity contribution < 1.29 is 9.47 Å². The monoisotopic (exact) mass is 263 g/mol. The predicted molar refractivity (Wildman–Crippen MR) is 77.8 cm³/mol. The van der Waals surface area contributed by atoms with Gasteiger partial charge in [0.25, 0.3) is 0 Å². The first-order chi connectivity index (χ1) is 9.12. The molecule has 1 aromatic carbocycles. The van der Waals surface area contributed by atoms with Gasteiger partial charge in [-0.25, -0.2) is 0 Å². The first-order valence-electron chi connectivity index (χ1n) is 6.97. The molecule has 0 amide bonds. The fraction of sp³-hybridized carbons (Fsp3) is 0.625. The van der Waals surface area contributed by atoms with Crippen molar-refractivity contribution >= 4 is 0 Å². The number of nitrogens with one attached hydrogen (secondary N) is 1. The van der Waals surface area contributed by atoms with Crippen LogP contribution in [0.15, 0.2) is 12.1 Å². The number of methoxy groups -OCH3 is 2. The summed E-state index contributed by atoms with van der Waals surface area (Å²) in [6.45, 7) is 4.25. The minimum absolute atomic E-state index is 0.188. The quantitative estimate of drug-likeness (QED) is 0.856. The Morgan fingerprint density at radius 3 is 2.37 bits per heavy atom. The lowest BCUT2D eigenvalue weighted by Crippen LogP contribution is -2.33. The van der Waals surface area contributed by atoms with Crippen LogP contribution in [0.25, 0.3) is 0 Å². The van der Waals surface area contributed by atoms with E-state index < -0.39 is 0 Å². The van der Waals surface area contributed by atoms with Gasteiger partial charge in [0, 0.05) is 12.7 Å². The Labute approximate surface area is 116 Å². The van der Waals surface area contributed by atoms with Gasteiger partial charge in [0.1, 0.15) is 5.75 Å². The van der Waals surface area contributed by atoms with Gasteiger partial charge in [0.05, 0.1) is 19.3 Å². The number of benzene rings is 1. The van der Waals surface area contributed by atoms with Crippen molar-refractivity contribution in [1.29, 1.82) is 0 Å². The first kappa shape index (κ1) is 14.4. The lowest BCUT2D eigenvalue weighted by molar-refractivity contribution is 0.0521. The molecule has 0 aliphatic heterocycles. The zero-order chi connectivity index (χ0) is 14.0. The Morgan fingerprint density at radius 1 is 1.21 bits per heavy atom. The molecule has 106 valence electrons. The molecule has 0 bridgehead atoms. The predicted octanol–water partition coefficient (Wildman–Crippen LogP) is 3.00. The van der Waals surface area contributed by atoms with Crippen molar-refractivity contribution in [2.24, 2.45) is 5.92 Å². The molecular weight excluding hydrogens is 238 g/mol. The molecule has 1 aromatic rings. The summed E-state index contributed by atoms with van der Waals surface area (Å²) in [5.74, 6) is 1.63. The fourth-order valence-corrected chi connectivity index (χ4v) is 3.01. The molecule has 0 heterocycles. The summed E-state index contributed by atoms with van der Waals surface area (Å²) in [6.07, 6.45) is 2.76. The minimum atomic E-state index is 0.188. The molecular formula is C16H25NO2. The Bertz CT molecular complexity index is 441. The molecule has 3 nitrogen and oxygen atoms in total. The van der Waals surface area contributed by atoms with E-state index in [1.54, 1.807) is 7.11 Å². The molecule has 2 rings (SSSR count). The molecule has 1 aliphatic carbocycles. The van der Waals surface area contributed by atoms with E-state index in [4.69, 9.17) is 9.47 Å². The van der Waals surface area contributed by atoms with Crippen LogP contribution in [0, 0.1) is 19.8 Å². The second-order valence-corrected chi connectivity index (χ2v) is 5.50. The summed E-state index contributed by atoms with van der Waals surface area (Å²) < 4.78 is 11.3. The highest BCUT2D eigenvalue weighted by Gasteiger charge is 2.38. The maximum Gasteiger partial charge on any atom is 0.124 e. The van der Waals surface area contributed by atoms with E-state index in [0.29, 0.717) is 5.92 Å². The van der Waals surface area contributed by atoms with E-state index in [1.807, 2.05) is 14.2 Å². The zero-order valence-corrected chi connectivity index (χ0v) is 12.6. The van der Waals surface area contributed by atoms with Gasteiger partial charge in [-0.2, -0.15) is 0 Å². The van der Waals surface area contributed by atoms with Crippen LogP contribution in [0.2, 0.25) is 0 Å². The van der Waals surface area contributed by atoms with E-state index in [1.165, 1.54) is 29.5 Å². The lowest BCUT2D eigenvalue weighted by Gasteiger charge is -2.29. The fourth-order valence-electron chi connectivity index (χ4n) is 3.01. The van der Waals surface area contributed by atoms with Crippen molar-refractivity contribution in [2.45, 2.75) is 38.8 Å². The normalized spacial score (nSPS) is 18.2. The zero-order valence-electron chi connectivity index (χ0n) is 12.6. The number of hydrogen-bond acceptors (Lipinski definition) is 3. The van der Waals surface area contributed by atoms with Crippen molar-refractivity contribution in [1.82, 2.24) is 5.32 Å². The van der Waals surface area contributed by atoms with E-state index >= 15 is 0 Å². The summed E-state index contributed by atoms with van der Waals surface area (Å²) in [6, 6.07) is 4.50. The number of hydrogen-bond donors (Lipinski definition) is 1. The summed E-state index contributed by atoms with van der Waals surface area (Å²) in [7, 11) is 5.55. The maximum atomic E-state index is 5.75. The third kappa shape index (κ3) is 2.93. The number of aryl methyl sites for hydroxylation is 2. The molecule has 0 saturated heterocycles. The molecule has 0 radical (unpaired) electrons. The van der Waals surface area contributed by atoms with E-state index in [0.717, 1.165) is 5.75 Å². The highest BCUT2D eigenvalue weighted by molar-refractivity contribution is 5.45. The van der Waals surface area contributed by atoms with Gasteiger partial charge in [-0.3, -0.25) is 0 Å². The molecule has 2 atom stereocenters. The smallest absolute Gasteiger partial charge is 0.124 e. The van der Waals surface area contributed by atoms with Crippen molar-refractivity contribution in [3.63, 3.8) is 0 Å². The molecule has 1 aliphatic rings. The largest absolute Gasteiger partial charge is 0.496 e. The lowest BCUT2D eigenvalue weighted by atomic mass is 9.92. The Balaban J connectivity index is 2.41. The van der Waals surface area contributed by atoms with Crippen LogP contribution in [-0.2, 0) is 4.74 Å². The van der Waals surface area contributed by atoms with Gasteiger partial charge in [-0.05, 0) is 56.8 Å². The van der Waals surface area contributed by atoms with Crippen LogP contribution in [0.1, 0.15) is 35.6 Å². The van der Waals surface area contributed by atoms with Gasteiger partial charge in [0.2, 0.25) is 0 Å². The minimum Gasteiger partial charge on any atom is -0.496 e. The van der Waals surface area contributed by atoms with Crippen molar-refractivity contribution in [2.75, 3.05) is 21.3 Å². The van der Waals surface area contributed by atoms with Gasteiger partial charge < -0.3 is 14.8 Å². The van der Waals surface area contributed by atoms with Crippen LogP contribution in [-0.4, -0.2) is 27.4 Å². The van der Waals surface area contributed by atoms with Crippen LogP contribution < -0.4 is 10.1 Å². The number of rotatable bonds is 6. The first-order valence-corrected chi connectivity index (χ1v) is 6.97. The summed E-state index contributed by atoms with van der Waals surface area (Å²) in [5, 5.41) is 3.42. The maximum absolute atomic E-state index is 5.75. The molecule has 0 spiro atoms. The third-order valence-corrected chi connectivity index (χ3v) is 4.02.